The van der Waals surface area contributed by atoms with Crippen molar-refractivity contribution in [3.8, 4) is 0 Å². The highest BCUT2D eigenvalue weighted by atomic mass is 32.2. The molecule has 9 heavy (non-hydrogen) atoms. The van der Waals surface area contributed by atoms with E-state index in [1.807, 2.05) is 0 Å². The number of carbonyl (C=O) groups is 1. The molecule has 3 nitrogen and oxygen atoms in total. The van der Waals surface area contributed by atoms with Crippen LogP contribution in [0.25, 0.3) is 0 Å². The Labute approximate surface area is 62.7 Å². The van der Waals surface area contributed by atoms with E-state index in [1.54, 1.807) is 0 Å². The maximum Gasteiger partial charge on any atom is 0.375 e. The fourth-order valence-corrected chi connectivity index (χ4v) is 0.658. The summed E-state index contributed by atoms with van der Waals surface area (Å²) < 4.78 is 8.96. The Morgan fingerprint density at radius 1 is 1.44 bits per heavy atom. The summed E-state index contributed by atoms with van der Waals surface area (Å²) in [6.07, 6.45) is 0. The summed E-state index contributed by atoms with van der Waals surface area (Å²) in [5, 5.41) is -0.457. The number of thiocarbonyl (C=S) groups is 1. The van der Waals surface area contributed by atoms with Gasteiger partial charge in [0.25, 0.3) is 0 Å². The largest absolute Gasteiger partial charge is 0.482 e. The van der Waals surface area contributed by atoms with E-state index >= 15 is 0 Å². The first-order chi connectivity index (χ1) is 4.20. The summed E-state index contributed by atoms with van der Waals surface area (Å²) in [6, 6.07) is 0. The van der Waals surface area contributed by atoms with Gasteiger partial charge in [0.2, 0.25) is 4.38 Å². The number of rotatable bonds is 0. The molecule has 0 heterocycles. The monoisotopic (exact) mass is 166 g/mol. The number of carbonyl (C=O) groups excluding carboxylic acids is 1. The molecule has 0 fully saturated rings. The normalized spacial score (nSPS) is 8.22. The van der Waals surface area contributed by atoms with Crippen LogP contribution in [0.4, 0.5) is 4.79 Å². The average Bonchev–Trinajstić information content (AvgIpc) is 1.87. The topological polar surface area (TPSA) is 35.5 Å². The van der Waals surface area contributed by atoms with Gasteiger partial charge in [0.1, 0.15) is 0 Å². The summed E-state index contributed by atoms with van der Waals surface area (Å²) in [6.45, 7) is 0. The van der Waals surface area contributed by atoms with Gasteiger partial charge in [-0.2, -0.15) is 0 Å². The van der Waals surface area contributed by atoms with Gasteiger partial charge in [0.05, 0.1) is 14.2 Å². The van der Waals surface area contributed by atoms with Gasteiger partial charge >= 0.3 is 5.30 Å². The molecule has 0 bridgehead atoms. The molecule has 0 aliphatic rings. The second kappa shape index (κ2) is 4.58. The standard InChI is InChI=1S/C4H6O3S2/c1-6-3(5)9-4(8)7-2/h1-2H3. The molecule has 0 aromatic rings. The van der Waals surface area contributed by atoms with Crippen molar-refractivity contribution in [1.82, 2.24) is 0 Å². The predicted molar refractivity (Wildman–Crippen MR) is 39.6 cm³/mol. The lowest BCUT2D eigenvalue weighted by Crippen LogP contribution is -1.98. The molecule has 0 aliphatic carbocycles. The van der Waals surface area contributed by atoms with E-state index in [1.165, 1.54) is 14.2 Å². The molecule has 0 unspecified atom stereocenters. The Bertz CT molecular complexity index is 109. The zero-order valence-electron chi connectivity index (χ0n) is 5.04. The van der Waals surface area contributed by atoms with Gasteiger partial charge in [-0.25, -0.2) is 4.79 Å². The highest BCUT2D eigenvalue weighted by Gasteiger charge is 2.04. The predicted octanol–water partition coefficient (Wildman–Crippen LogP) is 1.42. The Morgan fingerprint density at radius 2 is 2.00 bits per heavy atom. The fourth-order valence-electron chi connectivity index (χ4n) is 0.151. The molecular formula is C4H6O3S2. The lowest BCUT2D eigenvalue weighted by molar-refractivity contribution is 0.200. The molecule has 0 saturated heterocycles. The number of thioether (sulfide) groups is 1. The zero-order valence-corrected chi connectivity index (χ0v) is 6.67. The Morgan fingerprint density at radius 3 is 2.33 bits per heavy atom. The average molecular weight is 166 g/mol. The summed E-state index contributed by atoms with van der Waals surface area (Å²) in [5.74, 6) is 0. The molecular weight excluding hydrogens is 160 g/mol. The van der Waals surface area contributed by atoms with Gasteiger partial charge in [-0.05, 0) is 12.2 Å². The quantitative estimate of drug-likeness (QED) is 0.401. The van der Waals surface area contributed by atoms with Crippen LogP contribution in [0, 0.1) is 0 Å². The van der Waals surface area contributed by atoms with Crippen LogP contribution in [0.15, 0.2) is 0 Å². The summed E-state index contributed by atoms with van der Waals surface area (Å²) >= 11 is 5.29. The molecule has 0 aromatic heterocycles. The Balaban J connectivity index is 3.47. The van der Waals surface area contributed by atoms with E-state index in [0.717, 1.165) is 11.8 Å². The van der Waals surface area contributed by atoms with E-state index in [-0.39, 0.29) is 4.38 Å². The molecule has 0 aromatic carbocycles. The molecule has 0 radical (unpaired) electrons. The fraction of sp³-hybridized carbons (Fsp3) is 0.500. The van der Waals surface area contributed by atoms with Crippen molar-refractivity contribution in [2.75, 3.05) is 14.2 Å². The third-order valence-corrected chi connectivity index (χ3v) is 1.58. The van der Waals surface area contributed by atoms with Gasteiger partial charge in [0.15, 0.2) is 0 Å². The van der Waals surface area contributed by atoms with Crippen LogP contribution in [0.3, 0.4) is 0 Å². The molecule has 52 valence electrons. The summed E-state index contributed by atoms with van der Waals surface area (Å²) in [4.78, 5) is 10.4. The first-order valence-electron chi connectivity index (χ1n) is 2.04. The van der Waals surface area contributed by atoms with Crippen LogP contribution in [0.5, 0.6) is 0 Å². The smallest absolute Gasteiger partial charge is 0.375 e. The second-order valence-electron chi connectivity index (χ2n) is 1.01. The molecule has 0 amide bonds. The number of hydrogen-bond acceptors (Lipinski definition) is 5. The maximum atomic E-state index is 10.4. The number of methoxy groups -OCH3 is 2. The highest BCUT2D eigenvalue weighted by molar-refractivity contribution is 8.32. The number of ether oxygens (including phenoxy) is 2. The van der Waals surface area contributed by atoms with Crippen molar-refractivity contribution in [2.45, 2.75) is 0 Å². The third-order valence-electron chi connectivity index (χ3n) is 0.500. The second-order valence-corrected chi connectivity index (χ2v) is 2.55. The van der Waals surface area contributed by atoms with E-state index in [0.29, 0.717) is 0 Å². The zero-order chi connectivity index (χ0) is 7.28. The number of hydrogen-bond donors (Lipinski definition) is 0. The van der Waals surface area contributed by atoms with Crippen molar-refractivity contribution < 1.29 is 14.3 Å². The van der Waals surface area contributed by atoms with Crippen molar-refractivity contribution in [3.63, 3.8) is 0 Å². The van der Waals surface area contributed by atoms with Gasteiger partial charge in [-0.15, -0.1) is 0 Å². The maximum absolute atomic E-state index is 10.4. The van der Waals surface area contributed by atoms with Crippen molar-refractivity contribution >= 4 is 33.7 Å². The summed E-state index contributed by atoms with van der Waals surface area (Å²) in [5.41, 5.74) is 0. The first-order valence-corrected chi connectivity index (χ1v) is 3.27. The van der Waals surface area contributed by atoms with Crippen LogP contribution in [-0.4, -0.2) is 23.9 Å². The molecule has 0 saturated carbocycles. The molecule has 0 aliphatic heterocycles. The van der Waals surface area contributed by atoms with E-state index in [2.05, 4.69) is 21.7 Å². The molecule has 0 rings (SSSR count). The van der Waals surface area contributed by atoms with Crippen LogP contribution < -0.4 is 0 Å². The van der Waals surface area contributed by atoms with Crippen LogP contribution >= 0.6 is 24.0 Å². The third kappa shape index (κ3) is 4.23. The molecule has 0 spiro atoms. The van der Waals surface area contributed by atoms with E-state index < -0.39 is 5.30 Å². The van der Waals surface area contributed by atoms with E-state index in [9.17, 15) is 4.79 Å². The first kappa shape index (κ1) is 8.71. The van der Waals surface area contributed by atoms with Gasteiger partial charge < -0.3 is 9.47 Å². The van der Waals surface area contributed by atoms with Crippen LogP contribution in [0.1, 0.15) is 0 Å². The van der Waals surface area contributed by atoms with Crippen molar-refractivity contribution in [1.29, 1.82) is 0 Å². The SMILES string of the molecule is COC(=O)SC(=S)OC. The molecule has 0 atom stereocenters. The summed E-state index contributed by atoms with van der Waals surface area (Å²) in [7, 11) is 2.69. The van der Waals surface area contributed by atoms with Crippen LogP contribution in [-0.2, 0) is 9.47 Å². The van der Waals surface area contributed by atoms with Crippen molar-refractivity contribution in [2.24, 2.45) is 0 Å². The lowest BCUT2D eigenvalue weighted by Gasteiger charge is -1.96. The molecule has 5 heteroatoms. The Kier molecular flexibility index (Phi) is 4.43. The van der Waals surface area contributed by atoms with E-state index in [4.69, 9.17) is 0 Å². The minimum absolute atomic E-state index is 0.168. The minimum Gasteiger partial charge on any atom is -0.482 e. The molecule has 0 N–H and O–H groups in total. The van der Waals surface area contributed by atoms with Gasteiger partial charge in [-0.1, -0.05) is 0 Å². The van der Waals surface area contributed by atoms with Crippen LogP contribution in [0.2, 0.25) is 0 Å². The highest BCUT2D eigenvalue weighted by Crippen LogP contribution is 2.07. The lowest BCUT2D eigenvalue weighted by atomic mass is 11.5. The minimum atomic E-state index is -0.457. The van der Waals surface area contributed by atoms with Crippen molar-refractivity contribution in [3.05, 3.63) is 0 Å². The van der Waals surface area contributed by atoms with Gasteiger partial charge in [0, 0.05) is 11.8 Å². The Hall–Kier alpha value is -0.290. The van der Waals surface area contributed by atoms with Gasteiger partial charge in [-0.3, -0.25) is 0 Å².